The van der Waals surface area contributed by atoms with E-state index < -0.39 is 0 Å². The van der Waals surface area contributed by atoms with E-state index in [1.165, 1.54) is 17.2 Å². The van der Waals surface area contributed by atoms with Crippen molar-refractivity contribution in [3.05, 3.63) is 69.5 Å². The van der Waals surface area contributed by atoms with Crippen LogP contribution in [0.5, 0.6) is 0 Å². The van der Waals surface area contributed by atoms with Crippen LogP contribution in [0.3, 0.4) is 0 Å². The number of halogens is 2. The molecule has 2 aromatic rings. The van der Waals surface area contributed by atoms with Crippen molar-refractivity contribution in [2.45, 2.75) is 32.7 Å². The molecule has 0 fully saturated rings. The molecule has 0 saturated heterocycles. The molecule has 0 amide bonds. The van der Waals surface area contributed by atoms with E-state index in [-0.39, 0.29) is 16.9 Å². The summed E-state index contributed by atoms with van der Waals surface area (Å²) >= 11 is 6.13. The summed E-state index contributed by atoms with van der Waals surface area (Å²) in [6, 6.07) is 11.3. The molecule has 2 aromatic carbocycles. The molecule has 0 saturated carbocycles. The maximum atomic E-state index is 13.7. The van der Waals surface area contributed by atoms with Crippen molar-refractivity contribution in [1.29, 1.82) is 0 Å². The second-order valence-corrected chi connectivity index (χ2v) is 5.48. The Hall–Kier alpha value is -1.38. The van der Waals surface area contributed by atoms with Gasteiger partial charge in [0.15, 0.2) is 0 Å². The molecule has 0 aliphatic rings. The molecular formula is C18H21ClFN. The molecule has 112 valence electrons. The van der Waals surface area contributed by atoms with Crippen molar-refractivity contribution >= 4 is 11.6 Å². The van der Waals surface area contributed by atoms with Crippen molar-refractivity contribution in [1.82, 2.24) is 5.32 Å². The van der Waals surface area contributed by atoms with Gasteiger partial charge in [-0.15, -0.1) is 0 Å². The molecule has 3 heteroatoms. The molecule has 21 heavy (non-hydrogen) atoms. The van der Waals surface area contributed by atoms with Crippen LogP contribution >= 0.6 is 11.6 Å². The van der Waals surface area contributed by atoms with Crippen LogP contribution in [-0.2, 0) is 12.8 Å². The van der Waals surface area contributed by atoms with Crippen molar-refractivity contribution in [3.63, 3.8) is 0 Å². The number of hydrogen-bond donors (Lipinski definition) is 1. The highest BCUT2D eigenvalue weighted by Gasteiger charge is 2.18. The third kappa shape index (κ3) is 3.28. The molecule has 0 bridgehead atoms. The second kappa shape index (κ2) is 7.06. The minimum Gasteiger partial charge on any atom is -0.309 e. The highest BCUT2D eigenvalue weighted by molar-refractivity contribution is 6.31. The largest absolute Gasteiger partial charge is 0.309 e. The normalized spacial score (nSPS) is 12.4. The van der Waals surface area contributed by atoms with Crippen LogP contribution in [0, 0.1) is 5.82 Å². The van der Waals surface area contributed by atoms with E-state index in [9.17, 15) is 4.39 Å². The smallest absolute Gasteiger partial charge is 0.142 e. The zero-order chi connectivity index (χ0) is 15.4. The van der Waals surface area contributed by atoms with Crippen molar-refractivity contribution in [2.75, 3.05) is 7.05 Å². The molecule has 2 rings (SSSR count). The lowest BCUT2D eigenvalue weighted by molar-refractivity contribution is 0.617. The van der Waals surface area contributed by atoms with Gasteiger partial charge in [-0.3, -0.25) is 0 Å². The van der Waals surface area contributed by atoms with E-state index in [0.717, 1.165) is 24.0 Å². The number of benzene rings is 2. The van der Waals surface area contributed by atoms with Crippen molar-refractivity contribution in [2.24, 2.45) is 0 Å². The first kappa shape index (κ1) is 16.0. The lowest BCUT2D eigenvalue weighted by atomic mass is 9.93. The summed E-state index contributed by atoms with van der Waals surface area (Å²) in [6.07, 6.45) is 2.01. The van der Waals surface area contributed by atoms with E-state index in [0.29, 0.717) is 0 Å². The predicted molar refractivity (Wildman–Crippen MR) is 87.5 cm³/mol. The topological polar surface area (TPSA) is 12.0 Å². The summed E-state index contributed by atoms with van der Waals surface area (Å²) in [5.41, 5.74) is 4.58. The van der Waals surface area contributed by atoms with Gasteiger partial charge in [0.2, 0.25) is 0 Å². The van der Waals surface area contributed by atoms with E-state index in [2.05, 4.69) is 37.4 Å². The summed E-state index contributed by atoms with van der Waals surface area (Å²) in [4.78, 5) is 0. The van der Waals surface area contributed by atoms with Gasteiger partial charge in [-0.2, -0.15) is 0 Å². The standard InChI is InChI=1S/C18H21ClFN/c1-4-12-9-10-14(11-13(12)5-2)18(21-3)15-7-6-8-16(20)17(15)19/h6-11,18,21H,4-5H2,1-3H3. The predicted octanol–water partition coefficient (Wildman–Crippen LogP) is 4.91. The average Bonchev–Trinajstić information content (AvgIpc) is 2.51. The van der Waals surface area contributed by atoms with Crippen LogP contribution in [0.15, 0.2) is 36.4 Å². The SMILES string of the molecule is CCc1ccc(C(NC)c2cccc(F)c2Cl)cc1CC. The van der Waals surface area contributed by atoms with E-state index >= 15 is 0 Å². The maximum absolute atomic E-state index is 13.7. The van der Waals surface area contributed by atoms with Gasteiger partial charge in [0, 0.05) is 0 Å². The van der Waals surface area contributed by atoms with Gasteiger partial charge in [-0.25, -0.2) is 4.39 Å². The molecule has 0 aliphatic carbocycles. The highest BCUT2D eigenvalue weighted by atomic mass is 35.5. The quantitative estimate of drug-likeness (QED) is 0.827. The van der Waals surface area contributed by atoms with Crippen LogP contribution in [-0.4, -0.2) is 7.05 Å². The Morgan fingerprint density at radius 1 is 1.10 bits per heavy atom. The number of hydrogen-bond acceptors (Lipinski definition) is 1. The molecule has 1 N–H and O–H groups in total. The van der Waals surface area contributed by atoms with E-state index in [1.54, 1.807) is 6.07 Å². The molecule has 1 nitrogen and oxygen atoms in total. The van der Waals surface area contributed by atoms with Gasteiger partial charge in [0.05, 0.1) is 11.1 Å². The molecule has 0 aliphatic heterocycles. The van der Waals surface area contributed by atoms with Gasteiger partial charge < -0.3 is 5.32 Å². The number of aryl methyl sites for hydroxylation is 2. The fourth-order valence-corrected chi connectivity index (χ4v) is 2.98. The third-order valence-electron chi connectivity index (χ3n) is 3.91. The minimum atomic E-state index is -0.379. The number of rotatable bonds is 5. The summed E-state index contributed by atoms with van der Waals surface area (Å²) in [5.74, 6) is -0.379. The zero-order valence-corrected chi connectivity index (χ0v) is 13.5. The zero-order valence-electron chi connectivity index (χ0n) is 12.7. The Labute approximate surface area is 131 Å². The van der Waals surface area contributed by atoms with Crippen molar-refractivity contribution in [3.8, 4) is 0 Å². The number of nitrogens with one attached hydrogen (secondary N) is 1. The monoisotopic (exact) mass is 305 g/mol. The molecule has 0 radical (unpaired) electrons. The van der Waals surface area contributed by atoms with Gasteiger partial charge >= 0.3 is 0 Å². The fraction of sp³-hybridized carbons (Fsp3) is 0.333. The van der Waals surface area contributed by atoms with Gasteiger partial charge in [0.1, 0.15) is 5.82 Å². The van der Waals surface area contributed by atoms with E-state index in [4.69, 9.17) is 11.6 Å². The Morgan fingerprint density at radius 2 is 1.81 bits per heavy atom. The van der Waals surface area contributed by atoms with Crippen LogP contribution in [0.2, 0.25) is 5.02 Å². The molecule has 0 aromatic heterocycles. The Balaban J connectivity index is 2.49. The summed E-state index contributed by atoms with van der Waals surface area (Å²) in [6.45, 7) is 4.31. The second-order valence-electron chi connectivity index (χ2n) is 5.10. The molecule has 1 atom stereocenters. The lowest BCUT2D eigenvalue weighted by Crippen LogP contribution is -2.18. The van der Waals surface area contributed by atoms with Crippen LogP contribution in [0.1, 0.15) is 42.1 Å². The Morgan fingerprint density at radius 3 is 2.43 bits per heavy atom. The Bertz CT molecular complexity index is 625. The summed E-state index contributed by atoms with van der Waals surface area (Å²) in [5, 5.41) is 3.43. The van der Waals surface area contributed by atoms with Crippen LogP contribution in [0.25, 0.3) is 0 Å². The van der Waals surface area contributed by atoms with Gasteiger partial charge in [0.25, 0.3) is 0 Å². The molecule has 0 heterocycles. The maximum Gasteiger partial charge on any atom is 0.142 e. The van der Waals surface area contributed by atoms with E-state index in [1.807, 2.05) is 13.1 Å². The average molecular weight is 306 g/mol. The third-order valence-corrected chi connectivity index (χ3v) is 4.31. The molecular weight excluding hydrogens is 285 g/mol. The fourth-order valence-electron chi connectivity index (χ4n) is 2.74. The van der Waals surface area contributed by atoms with Gasteiger partial charge in [-0.1, -0.05) is 55.8 Å². The Kier molecular flexibility index (Phi) is 5.38. The minimum absolute atomic E-state index is 0.107. The van der Waals surface area contributed by atoms with Crippen LogP contribution in [0.4, 0.5) is 4.39 Å². The lowest BCUT2D eigenvalue weighted by Gasteiger charge is -2.20. The summed E-state index contributed by atoms with van der Waals surface area (Å²) in [7, 11) is 1.87. The van der Waals surface area contributed by atoms with Crippen LogP contribution < -0.4 is 5.32 Å². The first-order chi connectivity index (χ1) is 10.1. The molecule has 1 unspecified atom stereocenters. The highest BCUT2D eigenvalue weighted by Crippen LogP contribution is 2.31. The first-order valence-electron chi connectivity index (χ1n) is 7.35. The van der Waals surface area contributed by atoms with Crippen molar-refractivity contribution < 1.29 is 4.39 Å². The first-order valence-corrected chi connectivity index (χ1v) is 7.73. The van der Waals surface area contributed by atoms with Gasteiger partial charge in [-0.05, 0) is 48.2 Å². The summed E-state index contributed by atoms with van der Waals surface area (Å²) < 4.78 is 13.7. The molecule has 0 spiro atoms.